The average Bonchev–Trinajstić information content (AvgIpc) is 2.35. The van der Waals surface area contributed by atoms with Crippen molar-refractivity contribution in [2.75, 3.05) is 20.8 Å². The van der Waals surface area contributed by atoms with Crippen LogP contribution < -0.4 is 0 Å². The normalized spacial score (nSPS) is 11.9. The van der Waals surface area contributed by atoms with Crippen molar-refractivity contribution in [2.24, 2.45) is 0 Å². The fourth-order valence-electron chi connectivity index (χ4n) is 1.43. The van der Waals surface area contributed by atoms with Crippen molar-refractivity contribution in [3.8, 4) is 0 Å². The number of methoxy groups -OCH3 is 1. The van der Waals surface area contributed by atoms with Crippen LogP contribution in [-0.4, -0.2) is 48.7 Å². The molecule has 0 fully saturated rings. The molecule has 0 aliphatic carbocycles. The first-order valence-corrected chi connectivity index (χ1v) is 5.12. The Morgan fingerprint density at radius 2 is 1.94 bits per heavy atom. The van der Waals surface area contributed by atoms with Gasteiger partial charge in [-0.15, -0.1) is 0 Å². The SMILES string of the molecule is COCC(C(=O)O)N(C)C(=O)c1ccccc1. The molecule has 0 saturated heterocycles. The van der Waals surface area contributed by atoms with E-state index in [-0.39, 0.29) is 12.5 Å². The molecule has 17 heavy (non-hydrogen) atoms. The Bertz CT molecular complexity index is 391. The minimum absolute atomic E-state index is 0.0373. The highest BCUT2D eigenvalue weighted by Crippen LogP contribution is 2.07. The molecule has 1 aromatic carbocycles. The van der Waals surface area contributed by atoms with Crippen molar-refractivity contribution in [3.05, 3.63) is 35.9 Å². The standard InChI is InChI=1S/C12H15NO4/c1-13(10(8-17-2)12(15)16)11(14)9-6-4-3-5-7-9/h3-7,10H,8H2,1-2H3,(H,15,16). The minimum Gasteiger partial charge on any atom is -0.480 e. The van der Waals surface area contributed by atoms with Gasteiger partial charge < -0.3 is 14.7 Å². The van der Waals surface area contributed by atoms with Gasteiger partial charge in [0.15, 0.2) is 6.04 Å². The second kappa shape index (κ2) is 6.00. The number of amides is 1. The highest BCUT2D eigenvalue weighted by molar-refractivity contribution is 5.96. The molecule has 0 aromatic heterocycles. The lowest BCUT2D eigenvalue weighted by molar-refractivity contribution is -0.143. The monoisotopic (exact) mass is 237 g/mol. The maximum Gasteiger partial charge on any atom is 0.328 e. The van der Waals surface area contributed by atoms with Crippen LogP contribution in [0.25, 0.3) is 0 Å². The van der Waals surface area contributed by atoms with Crippen molar-refractivity contribution in [1.29, 1.82) is 0 Å². The van der Waals surface area contributed by atoms with Gasteiger partial charge in [0.2, 0.25) is 0 Å². The lowest BCUT2D eigenvalue weighted by Gasteiger charge is -2.24. The van der Waals surface area contributed by atoms with Gasteiger partial charge in [0.05, 0.1) is 6.61 Å². The summed E-state index contributed by atoms with van der Waals surface area (Å²) in [7, 11) is 2.85. The number of hydrogen-bond donors (Lipinski definition) is 1. The Kier molecular flexibility index (Phi) is 4.66. The number of carbonyl (C=O) groups is 2. The summed E-state index contributed by atoms with van der Waals surface area (Å²) >= 11 is 0. The van der Waals surface area contributed by atoms with Crippen LogP contribution in [0.2, 0.25) is 0 Å². The van der Waals surface area contributed by atoms with Crippen LogP contribution in [0.1, 0.15) is 10.4 Å². The van der Waals surface area contributed by atoms with Gasteiger partial charge in [-0.25, -0.2) is 4.79 Å². The molecule has 0 radical (unpaired) electrons. The summed E-state index contributed by atoms with van der Waals surface area (Å²) in [5, 5.41) is 9.00. The number of hydrogen-bond acceptors (Lipinski definition) is 3. The zero-order valence-electron chi connectivity index (χ0n) is 9.79. The molecule has 1 rings (SSSR count). The van der Waals surface area contributed by atoms with Gasteiger partial charge in [0, 0.05) is 19.7 Å². The quantitative estimate of drug-likeness (QED) is 0.824. The van der Waals surface area contributed by atoms with Crippen LogP contribution in [-0.2, 0) is 9.53 Å². The van der Waals surface area contributed by atoms with E-state index in [0.717, 1.165) is 0 Å². The van der Waals surface area contributed by atoms with E-state index in [1.54, 1.807) is 30.3 Å². The maximum atomic E-state index is 12.0. The number of aliphatic carboxylic acids is 1. The number of rotatable bonds is 5. The van der Waals surface area contributed by atoms with Crippen molar-refractivity contribution >= 4 is 11.9 Å². The summed E-state index contributed by atoms with van der Waals surface area (Å²) in [6.45, 7) is -0.0373. The molecule has 1 amide bonds. The van der Waals surface area contributed by atoms with E-state index in [1.165, 1.54) is 19.1 Å². The third-order valence-electron chi connectivity index (χ3n) is 2.42. The Morgan fingerprint density at radius 3 is 2.41 bits per heavy atom. The van der Waals surface area contributed by atoms with Crippen LogP contribution in [0.4, 0.5) is 0 Å². The molecule has 1 unspecified atom stereocenters. The Balaban J connectivity index is 2.84. The molecule has 1 aromatic rings. The van der Waals surface area contributed by atoms with Gasteiger partial charge in [-0.2, -0.15) is 0 Å². The van der Waals surface area contributed by atoms with Gasteiger partial charge in [-0.05, 0) is 12.1 Å². The third kappa shape index (κ3) is 3.29. The number of carbonyl (C=O) groups excluding carboxylic acids is 1. The third-order valence-corrected chi connectivity index (χ3v) is 2.42. The molecule has 1 atom stereocenters. The average molecular weight is 237 g/mol. The summed E-state index contributed by atoms with van der Waals surface area (Å²) in [5.41, 5.74) is 0.456. The van der Waals surface area contributed by atoms with Gasteiger partial charge in [-0.3, -0.25) is 4.79 Å². The number of carboxylic acid groups (broad SMARTS) is 1. The van der Waals surface area contributed by atoms with Gasteiger partial charge in [0.1, 0.15) is 0 Å². The zero-order chi connectivity index (χ0) is 12.8. The highest BCUT2D eigenvalue weighted by atomic mass is 16.5. The molecule has 5 nitrogen and oxygen atoms in total. The van der Waals surface area contributed by atoms with Crippen molar-refractivity contribution in [2.45, 2.75) is 6.04 Å². The van der Waals surface area contributed by atoms with Crippen molar-refractivity contribution < 1.29 is 19.4 Å². The van der Waals surface area contributed by atoms with Gasteiger partial charge in [-0.1, -0.05) is 18.2 Å². The molecule has 92 valence electrons. The Hall–Kier alpha value is -1.88. The van der Waals surface area contributed by atoms with Gasteiger partial charge >= 0.3 is 5.97 Å². The second-order valence-electron chi connectivity index (χ2n) is 3.59. The number of benzene rings is 1. The molecule has 0 heterocycles. The summed E-state index contributed by atoms with van der Waals surface area (Å²) in [4.78, 5) is 24.1. The number of carboxylic acids is 1. The number of ether oxygens (including phenoxy) is 1. The Labute approximate surface area is 99.6 Å². The lowest BCUT2D eigenvalue weighted by Crippen LogP contribution is -2.45. The number of nitrogens with zero attached hydrogens (tertiary/aromatic N) is 1. The lowest BCUT2D eigenvalue weighted by atomic mass is 10.1. The van der Waals surface area contributed by atoms with Crippen LogP contribution in [0.15, 0.2) is 30.3 Å². The van der Waals surface area contributed by atoms with Crippen LogP contribution in [0, 0.1) is 0 Å². The number of likely N-dealkylation sites (N-methyl/N-ethyl adjacent to an activating group) is 1. The summed E-state index contributed by atoms with van der Waals surface area (Å²) in [6, 6.07) is 7.56. The van der Waals surface area contributed by atoms with Gasteiger partial charge in [0.25, 0.3) is 5.91 Å². The van der Waals surface area contributed by atoms with Crippen LogP contribution in [0.3, 0.4) is 0 Å². The highest BCUT2D eigenvalue weighted by Gasteiger charge is 2.26. The summed E-state index contributed by atoms with van der Waals surface area (Å²) in [6.07, 6.45) is 0. The molecule has 0 bridgehead atoms. The first-order valence-electron chi connectivity index (χ1n) is 5.12. The molecular formula is C12H15NO4. The fraction of sp³-hybridized carbons (Fsp3) is 0.333. The molecule has 1 N–H and O–H groups in total. The first-order chi connectivity index (χ1) is 8.07. The van der Waals surface area contributed by atoms with Crippen molar-refractivity contribution in [1.82, 2.24) is 4.90 Å². The van der Waals surface area contributed by atoms with E-state index in [1.807, 2.05) is 0 Å². The minimum atomic E-state index is -1.08. The van der Waals surface area contributed by atoms with E-state index in [4.69, 9.17) is 9.84 Å². The molecule has 0 spiro atoms. The van der Waals surface area contributed by atoms with Crippen LogP contribution >= 0.6 is 0 Å². The van der Waals surface area contributed by atoms with Crippen molar-refractivity contribution in [3.63, 3.8) is 0 Å². The van der Waals surface area contributed by atoms with E-state index in [9.17, 15) is 9.59 Å². The molecule has 0 aliphatic heterocycles. The summed E-state index contributed by atoms with van der Waals surface area (Å²) < 4.78 is 4.80. The zero-order valence-corrected chi connectivity index (χ0v) is 9.79. The van der Waals surface area contributed by atoms with E-state index in [0.29, 0.717) is 5.56 Å². The van der Waals surface area contributed by atoms with E-state index < -0.39 is 12.0 Å². The molecule has 0 saturated carbocycles. The van der Waals surface area contributed by atoms with Crippen LogP contribution in [0.5, 0.6) is 0 Å². The predicted octanol–water partition coefficient (Wildman–Crippen LogP) is 0.858. The fourth-order valence-corrected chi connectivity index (χ4v) is 1.43. The predicted molar refractivity (Wildman–Crippen MR) is 61.8 cm³/mol. The second-order valence-corrected chi connectivity index (χ2v) is 3.59. The topological polar surface area (TPSA) is 66.8 Å². The molecular weight excluding hydrogens is 222 g/mol. The first kappa shape index (κ1) is 13.2. The smallest absolute Gasteiger partial charge is 0.328 e. The molecule has 0 aliphatic rings. The summed E-state index contributed by atoms with van der Waals surface area (Å²) in [5.74, 6) is -1.42. The van der Waals surface area contributed by atoms with E-state index in [2.05, 4.69) is 0 Å². The van der Waals surface area contributed by atoms with E-state index >= 15 is 0 Å². The Morgan fingerprint density at radius 1 is 1.35 bits per heavy atom. The maximum absolute atomic E-state index is 12.0. The largest absolute Gasteiger partial charge is 0.480 e. The molecule has 5 heteroatoms.